The standard InChI is InChI=1S/C16H20Cl2N2O/c17-12-3-1-2-9(14(12)18)6-7-20-16(21)13-10-4-5-11(8-10)15(13)19/h1-3,10-11,13,15H,4-8,19H2,(H,20,21). The van der Waals surface area contributed by atoms with Crippen LogP contribution < -0.4 is 11.1 Å². The SMILES string of the molecule is NC1C2CCC(C2)C1C(=O)NCCc1cccc(Cl)c1Cl. The molecule has 21 heavy (non-hydrogen) atoms. The van der Waals surface area contributed by atoms with Crippen molar-refractivity contribution in [3.63, 3.8) is 0 Å². The molecule has 3 N–H and O–H groups in total. The van der Waals surface area contributed by atoms with Crippen LogP contribution in [0, 0.1) is 17.8 Å². The molecule has 0 aliphatic heterocycles. The summed E-state index contributed by atoms with van der Waals surface area (Å²) < 4.78 is 0. The van der Waals surface area contributed by atoms with Crippen molar-refractivity contribution in [1.29, 1.82) is 0 Å². The largest absolute Gasteiger partial charge is 0.355 e. The van der Waals surface area contributed by atoms with E-state index in [4.69, 9.17) is 28.9 Å². The predicted octanol–water partition coefficient (Wildman–Crippen LogP) is 3.03. The summed E-state index contributed by atoms with van der Waals surface area (Å²) in [5, 5.41) is 4.14. The van der Waals surface area contributed by atoms with Gasteiger partial charge in [0.15, 0.2) is 0 Å². The minimum atomic E-state index is -0.00131. The lowest BCUT2D eigenvalue weighted by Gasteiger charge is -2.27. The van der Waals surface area contributed by atoms with E-state index in [-0.39, 0.29) is 17.9 Å². The second-order valence-electron chi connectivity index (χ2n) is 6.19. The van der Waals surface area contributed by atoms with Crippen molar-refractivity contribution in [2.75, 3.05) is 6.54 Å². The van der Waals surface area contributed by atoms with Gasteiger partial charge in [0.2, 0.25) is 5.91 Å². The average Bonchev–Trinajstić information content (AvgIpc) is 3.04. The van der Waals surface area contributed by atoms with Crippen LogP contribution in [-0.4, -0.2) is 18.5 Å². The molecule has 2 aliphatic rings. The Kier molecular flexibility index (Phi) is 4.43. The van der Waals surface area contributed by atoms with Crippen molar-refractivity contribution in [3.8, 4) is 0 Å². The van der Waals surface area contributed by atoms with Crippen LogP contribution in [0.4, 0.5) is 0 Å². The number of fused-ring (bicyclic) bond motifs is 2. The average molecular weight is 327 g/mol. The summed E-state index contributed by atoms with van der Waals surface area (Å²) in [4.78, 5) is 12.3. The van der Waals surface area contributed by atoms with E-state index >= 15 is 0 Å². The molecular formula is C16H20Cl2N2O. The maximum absolute atomic E-state index is 12.3. The molecule has 0 radical (unpaired) electrons. The lowest BCUT2D eigenvalue weighted by Crippen LogP contribution is -2.45. The van der Waals surface area contributed by atoms with Gasteiger partial charge in [0, 0.05) is 12.6 Å². The second-order valence-corrected chi connectivity index (χ2v) is 6.98. The first kappa shape index (κ1) is 15.1. The minimum absolute atomic E-state index is 0.00131. The Hall–Kier alpha value is -0.770. The Morgan fingerprint density at radius 1 is 1.29 bits per heavy atom. The van der Waals surface area contributed by atoms with Crippen molar-refractivity contribution in [1.82, 2.24) is 5.32 Å². The van der Waals surface area contributed by atoms with Crippen LogP contribution in [0.5, 0.6) is 0 Å². The van der Waals surface area contributed by atoms with E-state index in [2.05, 4.69) is 5.32 Å². The highest BCUT2D eigenvalue weighted by Gasteiger charge is 2.48. The Balaban J connectivity index is 1.54. The molecule has 0 heterocycles. The smallest absolute Gasteiger partial charge is 0.224 e. The predicted molar refractivity (Wildman–Crippen MR) is 85.5 cm³/mol. The molecule has 2 aliphatic carbocycles. The molecule has 4 unspecified atom stereocenters. The molecule has 1 amide bonds. The van der Waals surface area contributed by atoms with Crippen molar-refractivity contribution in [2.24, 2.45) is 23.5 Å². The van der Waals surface area contributed by atoms with Gasteiger partial charge in [-0.25, -0.2) is 0 Å². The molecule has 3 rings (SSSR count). The molecule has 5 heteroatoms. The number of carbonyl (C=O) groups excluding carboxylic acids is 1. The Morgan fingerprint density at radius 3 is 2.76 bits per heavy atom. The number of amides is 1. The zero-order chi connectivity index (χ0) is 15.0. The Bertz CT molecular complexity index is 547. The zero-order valence-corrected chi connectivity index (χ0v) is 13.3. The van der Waals surface area contributed by atoms with E-state index < -0.39 is 0 Å². The second kappa shape index (κ2) is 6.15. The fourth-order valence-corrected chi connectivity index (χ4v) is 4.32. The van der Waals surface area contributed by atoms with E-state index in [9.17, 15) is 4.79 Å². The summed E-state index contributed by atoms with van der Waals surface area (Å²) in [6.45, 7) is 0.569. The van der Waals surface area contributed by atoms with Gasteiger partial charge < -0.3 is 11.1 Å². The number of hydrogen-bond acceptors (Lipinski definition) is 2. The summed E-state index contributed by atoms with van der Waals surface area (Å²) in [6, 6.07) is 5.61. The molecular weight excluding hydrogens is 307 g/mol. The number of rotatable bonds is 4. The number of benzene rings is 1. The molecule has 0 spiro atoms. The topological polar surface area (TPSA) is 55.1 Å². The van der Waals surface area contributed by atoms with Crippen LogP contribution >= 0.6 is 23.2 Å². The molecule has 114 valence electrons. The molecule has 0 aromatic heterocycles. The Labute approximate surface area is 135 Å². The lowest BCUT2D eigenvalue weighted by atomic mass is 9.84. The number of halogens is 2. The first-order chi connectivity index (χ1) is 10.1. The number of carbonyl (C=O) groups is 1. The van der Waals surface area contributed by atoms with Crippen LogP contribution in [-0.2, 0) is 11.2 Å². The summed E-state index contributed by atoms with van der Waals surface area (Å²) in [5.74, 6) is 1.14. The van der Waals surface area contributed by atoms with E-state index in [1.54, 1.807) is 6.07 Å². The van der Waals surface area contributed by atoms with E-state index in [0.29, 0.717) is 34.8 Å². The quantitative estimate of drug-likeness (QED) is 0.893. The van der Waals surface area contributed by atoms with E-state index in [1.807, 2.05) is 12.1 Å². The highest BCUT2D eigenvalue weighted by Crippen LogP contribution is 2.47. The molecule has 2 saturated carbocycles. The maximum atomic E-state index is 12.3. The fraction of sp³-hybridized carbons (Fsp3) is 0.562. The van der Waals surface area contributed by atoms with Gasteiger partial charge in [-0.1, -0.05) is 35.3 Å². The van der Waals surface area contributed by atoms with Gasteiger partial charge >= 0.3 is 0 Å². The number of nitrogens with two attached hydrogens (primary N) is 1. The third-order valence-corrected chi connectivity index (χ3v) is 5.87. The first-order valence-electron chi connectivity index (χ1n) is 7.54. The van der Waals surface area contributed by atoms with Gasteiger partial charge in [0.05, 0.1) is 16.0 Å². The van der Waals surface area contributed by atoms with Crippen molar-refractivity contribution in [3.05, 3.63) is 33.8 Å². The van der Waals surface area contributed by atoms with E-state index in [1.165, 1.54) is 6.42 Å². The van der Waals surface area contributed by atoms with E-state index in [0.717, 1.165) is 18.4 Å². The van der Waals surface area contributed by atoms with Gasteiger partial charge in [-0.05, 0) is 49.1 Å². The van der Waals surface area contributed by atoms with Gasteiger partial charge in [-0.2, -0.15) is 0 Å². The third-order valence-electron chi connectivity index (χ3n) is 5.01. The van der Waals surface area contributed by atoms with Gasteiger partial charge in [0.25, 0.3) is 0 Å². The van der Waals surface area contributed by atoms with Crippen LogP contribution in [0.15, 0.2) is 18.2 Å². The zero-order valence-electron chi connectivity index (χ0n) is 11.8. The molecule has 4 atom stereocenters. The first-order valence-corrected chi connectivity index (χ1v) is 8.29. The molecule has 2 bridgehead atoms. The highest BCUT2D eigenvalue weighted by molar-refractivity contribution is 6.42. The van der Waals surface area contributed by atoms with Gasteiger partial charge in [0.1, 0.15) is 0 Å². The minimum Gasteiger partial charge on any atom is -0.355 e. The van der Waals surface area contributed by atoms with Gasteiger partial charge in [-0.15, -0.1) is 0 Å². The van der Waals surface area contributed by atoms with Crippen LogP contribution in [0.2, 0.25) is 10.0 Å². The maximum Gasteiger partial charge on any atom is 0.224 e. The highest BCUT2D eigenvalue weighted by atomic mass is 35.5. The summed E-state index contributed by atoms with van der Waals surface area (Å²) in [7, 11) is 0. The molecule has 1 aromatic rings. The van der Waals surface area contributed by atoms with Crippen molar-refractivity contribution >= 4 is 29.1 Å². The molecule has 1 aromatic carbocycles. The third kappa shape index (κ3) is 2.92. The summed E-state index contributed by atoms with van der Waals surface area (Å²) >= 11 is 12.1. The van der Waals surface area contributed by atoms with Crippen molar-refractivity contribution < 1.29 is 4.79 Å². The molecule has 0 saturated heterocycles. The lowest BCUT2D eigenvalue weighted by molar-refractivity contribution is -0.127. The Morgan fingerprint density at radius 2 is 2.05 bits per heavy atom. The normalized spacial score (nSPS) is 30.6. The van der Waals surface area contributed by atoms with Crippen molar-refractivity contribution in [2.45, 2.75) is 31.7 Å². The van der Waals surface area contributed by atoms with Crippen LogP contribution in [0.3, 0.4) is 0 Å². The van der Waals surface area contributed by atoms with Crippen LogP contribution in [0.25, 0.3) is 0 Å². The summed E-state index contributed by atoms with van der Waals surface area (Å²) in [5.41, 5.74) is 7.15. The summed E-state index contributed by atoms with van der Waals surface area (Å²) in [6.07, 6.45) is 4.14. The van der Waals surface area contributed by atoms with Crippen LogP contribution in [0.1, 0.15) is 24.8 Å². The number of hydrogen-bond donors (Lipinski definition) is 2. The monoisotopic (exact) mass is 326 g/mol. The van der Waals surface area contributed by atoms with Gasteiger partial charge in [-0.3, -0.25) is 4.79 Å². The molecule has 3 nitrogen and oxygen atoms in total. The fourth-order valence-electron chi connectivity index (χ4n) is 3.90. The molecule has 2 fully saturated rings. The number of nitrogens with one attached hydrogen (secondary N) is 1.